The van der Waals surface area contributed by atoms with E-state index >= 15 is 0 Å². The summed E-state index contributed by atoms with van der Waals surface area (Å²) in [7, 11) is 0. The average molecular weight is 485 g/mol. The van der Waals surface area contributed by atoms with Gasteiger partial charge in [0.05, 0.1) is 17.1 Å². The lowest BCUT2D eigenvalue weighted by molar-refractivity contribution is 0.166. The Labute approximate surface area is 201 Å². The molecule has 1 aliphatic rings. The minimum absolute atomic E-state index is 0.165. The van der Waals surface area contributed by atoms with Gasteiger partial charge >= 0.3 is 0 Å². The summed E-state index contributed by atoms with van der Waals surface area (Å²) in [4.78, 5) is 4.69. The third-order valence-corrected chi connectivity index (χ3v) is 6.86. The number of hydrogen-bond acceptors (Lipinski definition) is 2. The van der Waals surface area contributed by atoms with Crippen LogP contribution in [0.3, 0.4) is 0 Å². The molecule has 0 aliphatic heterocycles. The van der Waals surface area contributed by atoms with E-state index in [1.165, 1.54) is 12.1 Å². The van der Waals surface area contributed by atoms with E-state index in [1.807, 2.05) is 16.7 Å². The van der Waals surface area contributed by atoms with Crippen molar-refractivity contribution in [2.75, 3.05) is 6.61 Å². The van der Waals surface area contributed by atoms with Gasteiger partial charge in [-0.3, -0.25) is 0 Å². The summed E-state index contributed by atoms with van der Waals surface area (Å²) in [5, 5.41) is 0.579. The highest BCUT2D eigenvalue weighted by Crippen LogP contribution is 2.39. The zero-order valence-corrected chi connectivity index (χ0v) is 19.2. The number of aromatic nitrogens is 2. The van der Waals surface area contributed by atoms with Crippen LogP contribution in [0.2, 0.25) is 5.02 Å². The lowest BCUT2D eigenvalue weighted by atomic mass is 9.83. The number of hydrogen-bond donors (Lipinski definition) is 0. The molecule has 1 atom stereocenters. The molecule has 176 valence electrons. The molecule has 1 heterocycles. The van der Waals surface area contributed by atoms with Crippen LogP contribution in [0.5, 0.6) is 5.75 Å². The molecule has 4 aromatic rings. The molecule has 1 saturated carbocycles. The van der Waals surface area contributed by atoms with Crippen LogP contribution in [0.4, 0.5) is 13.2 Å². The van der Waals surface area contributed by atoms with Crippen molar-refractivity contribution in [3.05, 3.63) is 83.1 Å². The molecule has 3 aromatic carbocycles. The first-order valence-electron chi connectivity index (χ1n) is 11.5. The van der Waals surface area contributed by atoms with Crippen molar-refractivity contribution in [2.45, 2.75) is 38.1 Å². The van der Waals surface area contributed by atoms with Gasteiger partial charge in [-0.05, 0) is 55.2 Å². The fourth-order valence-corrected chi connectivity index (χ4v) is 5.03. The molecule has 0 radical (unpaired) electrons. The molecule has 3 nitrogen and oxygen atoms in total. The van der Waals surface area contributed by atoms with Crippen molar-refractivity contribution < 1.29 is 17.9 Å². The van der Waals surface area contributed by atoms with E-state index in [0.29, 0.717) is 21.9 Å². The summed E-state index contributed by atoms with van der Waals surface area (Å²) < 4.78 is 50.7. The monoisotopic (exact) mass is 484 g/mol. The summed E-state index contributed by atoms with van der Waals surface area (Å²) in [5.41, 5.74) is 1.61. The van der Waals surface area contributed by atoms with Crippen LogP contribution >= 0.6 is 11.6 Å². The van der Waals surface area contributed by atoms with Gasteiger partial charge in [-0.15, -0.1) is 0 Å². The van der Waals surface area contributed by atoms with Crippen LogP contribution in [0.1, 0.15) is 38.1 Å². The zero-order valence-electron chi connectivity index (χ0n) is 18.5. The number of halogens is 4. The Bertz CT molecular complexity index is 1300. The third kappa shape index (κ3) is 4.51. The molecule has 0 N–H and O–H groups in total. The maximum absolute atomic E-state index is 14.4. The second kappa shape index (κ2) is 9.71. The topological polar surface area (TPSA) is 27.1 Å². The molecule has 5 rings (SSSR count). The third-order valence-electron chi connectivity index (χ3n) is 6.61. The molecule has 1 fully saturated rings. The zero-order chi connectivity index (χ0) is 23.7. The highest BCUT2D eigenvalue weighted by atomic mass is 35.5. The van der Waals surface area contributed by atoms with E-state index in [9.17, 15) is 13.2 Å². The van der Waals surface area contributed by atoms with E-state index in [-0.39, 0.29) is 24.3 Å². The Morgan fingerprint density at radius 1 is 0.912 bits per heavy atom. The van der Waals surface area contributed by atoms with Crippen molar-refractivity contribution in [3.63, 3.8) is 0 Å². The molecule has 0 amide bonds. The van der Waals surface area contributed by atoms with Gasteiger partial charge in [0.1, 0.15) is 12.4 Å². The standard InChI is InChI=1S/C27H24ClF3N2O/c28-19-12-10-18(11-13-19)27-32-23-14-21(30)22(31)15-24(23)33(27)25(17-6-2-1-3-7-17)16-34-26-9-5-4-8-20(26)29/h4-5,8-15,17,25H,1-3,6-7,16H2. The summed E-state index contributed by atoms with van der Waals surface area (Å²) in [6.07, 6.45) is 5.24. The normalized spacial score (nSPS) is 15.5. The van der Waals surface area contributed by atoms with Crippen LogP contribution in [-0.2, 0) is 0 Å². The van der Waals surface area contributed by atoms with Crippen molar-refractivity contribution in [2.24, 2.45) is 5.92 Å². The number of benzene rings is 3. The maximum atomic E-state index is 14.4. The highest BCUT2D eigenvalue weighted by molar-refractivity contribution is 6.30. The lowest BCUT2D eigenvalue weighted by Gasteiger charge is -2.32. The second-order valence-electron chi connectivity index (χ2n) is 8.77. The van der Waals surface area contributed by atoms with Crippen molar-refractivity contribution >= 4 is 22.6 Å². The largest absolute Gasteiger partial charge is 0.488 e. The molecular weight excluding hydrogens is 461 g/mol. The first-order chi connectivity index (χ1) is 16.5. The summed E-state index contributed by atoms with van der Waals surface area (Å²) in [6, 6.07) is 15.5. The molecule has 1 aliphatic carbocycles. The average Bonchev–Trinajstić information content (AvgIpc) is 3.19. The van der Waals surface area contributed by atoms with Gasteiger partial charge < -0.3 is 9.30 Å². The van der Waals surface area contributed by atoms with E-state index in [4.69, 9.17) is 16.3 Å². The highest BCUT2D eigenvalue weighted by Gasteiger charge is 2.30. The smallest absolute Gasteiger partial charge is 0.165 e. The number of para-hydroxylation sites is 1. The summed E-state index contributed by atoms with van der Waals surface area (Å²) in [5.74, 6) is -1.36. The molecule has 0 spiro atoms. The van der Waals surface area contributed by atoms with Crippen LogP contribution < -0.4 is 4.74 Å². The molecule has 0 bridgehead atoms. The molecule has 0 saturated heterocycles. The predicted octanol–water partition coefficient (Wildman–Crippen LogP) is 7.97. The quantitative estimate of drug-likeness (QED) is 0.277. The van der Waals surface area contributed by atoms with Gasteiger partial charge in [0.2, 0.25) is 0 Å². The van der Waals surface area contributed by atoms with Gasteiger partial charge in [-0.2, -0.15) is 0 Å². The van der Waals surface area contributed by atoms with E-state index in [1.54, 1.807) is 30.3 Å². The van der Waals surface area contributed by atoms with E-state index < -0.39 is 17.5 Å². The number of fused-ring (bicyclic) bond motifs is 1. The Morgan fingerprint density at radius 3 is 2.35 bits per heavy atom. The van der Waals surface area contributed by atoms with E-state index in [0.717, 1.165) is 43.7 Å². The van der Waals surface area contributed by atoms with Crippen molar-refractivity contribution in [1.29, 1.82) is 0 Å². The first-order valence-corrected chi connectivity index (χ1v) is 11.9. The van der Waals surface area contributed by atoms with Crippen molar-refractivity contribution in [1.82, 2.24) is 9.55 Å². The fraction of sp³-hybridized carbons (Fsp3) is 0.296. The molecule has 34 heavy (non-hydrogen) atoms. The lowest BCUT2D eigenvalue weighted by Crippen LogP contribution is -2.28. The fourth-order valence-electron chi connectivity index (χ4n) is 4.91. The Balaban J connectivity index is 1.65. The number of rotatable bonds is 6. The number of imidazole rings is 1. The Morgan fingerprint density at radius 2 is 1.62 bits per heavy atom. The van der Waals surface area contributed by atoms with Crippen LogP contribution in [0, 0.1) is 23.4 Å². The second-order valence-corrected chi connectivity index (χ2v) is 9.21. The van der Waals surface area contributed by atoms with Gasteiger partial charge in [-0.1, -0.05) is 43.0 Å². The number of ether oxygens (including phenoxy) is 1. The SMILES string of the molecule is Fc1cc2nc(-c3ccc(Cl)cc3)n(C(COc3ccccc3F)C3CCCCC3)c2cc1F. The Hall–Kier alpha value is -2.99. The molecular formula is C27H24ClF3N2O. The minimum Gasteiger partial charge on any atom is -0.488 e. The van der Waals surface area contributed by atoms with Gasteiger partial charge in [0.15, 0.2) is 23.2 Å². The summed E-state index contributed by atoms with van der Waals surface area (Å²) >= 11 is 6.09. The molecule has 1 aromatic heterocycles. The Kier molecular flexibility index (Phi) is 6.50. The first kappa shape index (κ1) is 22.8. The maximum Gasteiger partial charge on any atom is 0.165 e. The minimum atomic E-state index is -0.948. The van der Waals surface area contributed by atoms with Crippen molar-refractivity contribution in [3.8, 4) is 17.1 Å². The molecule has 1 unspecified atom stereocenters. The summed E-state index contributed by atoms with van der Waals surface area (Å²) in [6.45, 7) is 0.177. The van der Waals surface area contributed by atoms with E-state index in [2.05, 4.69) is 4.98 Å². The number of nitrogens with zero attached hydrogens (tertiary/aromatic N) is 2. The van der Waals surface area contributed by atoms with Crippen LogP contribution in [-0.4, -0.2) is 16.2 Å². The van der Waals surface area contributed by atoms with Gasteiger partial charge in [0.25, 0.3) is 0 Å². The van der Waals surface area contributed by atoms with Gasteiger partial charge in [-0.25, -0.2) is 18.2 Å². The molecule has 7 heteroatoms. The van der Waals surface area contributed by atoms with Gasteiger partial charge in [0, 0.05) is 22.7 Å². The van der Waals surface area contributed by atoms with Crippen LogP contribution in [0.15, 0.2) is 60.7 Å². The van der Waals surface area contributed by atoms with Crippen LogP contribution in [0.25, 0.3) is 22.4 Å². The predicted molar refractivity (Wildman–Crippen MR) is 128 cm³/mol.